The van der Waals surface area contributed by atoms with E-state index in [4.69, 9.17) is 5.73 Å². The van der Waals surface area contributed by atoms with Gasteiger partial charge in [0.25, 0.3) is 0 Å². The van der Waals surface area contributed by atoms with Gasteiger partial charge in [0.15, 0.2) is 0 Å². The summed E-state index contributed by atoms with van der Waals surface area (Å²) in [5, 5.41) is 1.90. The number of hydrogen-bond donors (Lipinski definition) is 2. The highest BCUT2D eigenvalue weighted by atomic mass is 35.5. The van der Waals surface area contributed by atoms with Crippen LogP contribution in [0.15, 0.2) is 12.2 Å². The number of amides is 1. The molecule has 0 aromatic rings. The molecule has 2 aliphatic carbocycles. The number of fused-ring (bicyclic) bond motifs is 2. The summed E-state index contributed by atoms with van der Waals surface area (Å²) in [5.74, 6) is -0.932. The van der Waals surface area contributed by atoms with Crippen molar-refractivity contribution < 1.29 is 18.0 Å². The molecule has 2 rings (SSSR count). The quantitative estimate of drug-likeness (QED) is 0.742. The van der Waals surface area contributed by atoms with E-state index >= 15 is 0 Å². The Morgan fingerprint density at radius 1 is 1.35 bits per heavy atom. The van der Waals surface area contributed by atoms with E-state index in [1.54, 1.807) is 0 Å². The Balaban J connectivity index is 0.00000144. The summed E-state index contributed by atoms with van der Waals surface area (Å²) >= 11 is 0. The molecule has 0 aromatic carbocycles. The highest BCUT2D eigenvalue weighted by Crippen LogP contribution is 2.42. The first-order valence-corrected chi connectivity index (χ1v) is 5.17. The zero-order valence-corrected chi connectivity index (χ0v) is 9.72. The lowest BCUT2D eigenvalue weighted by molar-refractivity contribution is -0.141. The Morgan fingerprint density at radius 2 is 1.94 bits per heavy atom. The van der Waals surface area contributed by atoms with Crippen molar-refractivity contribution in [2.75, 3.05) is 6.54 Å². The maximum absolute atomic E-state index is 11.9. The number of alkyl halides is 3. The fourth-order valence-electron chi connectivity index (χ4n) is 2.53. The van der Waals surface area contributed by atoms with Crippen LogP contribution in [0.2, 0.25) is 0 Å². The van der Waals surface area contributed by atoms with E-state index in [9.17, 15) is 18.0 Å². The lowest BCUT2D eigenvalue weighted by atomic mass is 9.89. The molecule has 0 aliphatic heterocycles. The first-order valence-electron chi connectivity index (χ1n) is 5.17. The highest BCUT2D eigenvalue weighted by molar-refractivity contribution is 5.85. The molecule has 17 heavy (non-hydrogen) atoms. The molecule has 0 saturated heterocycles. The maximum atomic E-state index is 11.9. The molecule has 4 atom stereocenters. The third-order valence-corrected chi connectivity index (χ3v) is 3.29. The van der Waals surface area contributed by atoms with Gasteiger partial charge in [-0.1, -0.05) is 12.2 Å². The fourth-order valence-corrected chi connectivity index (χ4v) is 2.53. The predicted octanol–water partition coefficient (Wildman–Crippen LogP) is 1.24. The molecule has 0 heterocycles. The molecule has 3 nitrogen and oxygen atoms in total. The molecule has 2 aliphatic rings. The van der Waals surface area contributed by atoms with Gasteiger partial charge in [0, 0.05) is 6.04 Å². The van der Waals surface area contributed by atoms with Gasteiger partial charge in [0.1, 0.15) is 6.54 Å². The fraction of sp³-hybridized carbons (Fsp3) is 0.700. The zero-order valence-electron chi connectivity index (χ0n) is 8.91. The van der Waals surface area contributed by atoms with Crippen LogP contribution in [0.25, 0.3) is 0 Å². The third kappa shape index (κ3) is 2.93. The van der Waals surface area contributed by atoms with Gasteiger partial charge in [0.2, 0.25) is 5.91 Å². The second-order valence-electron chi connectivity index (χ2n) is 4.38. The Bertz CT molecular complexity index is 332. The Hall–Kier alpha value is -0.750. The third-order valence-electron chi connectivity index (χ3n) is 3.29. The van der Waals surface area contributed by atoms with Gasteiger partial charge in [-0.15, -0.1) is 12.4 Å². The first kappa shape index (κ1) is 14.3. The molecule has 3 N–H and O–H groups in total. The minimum atomic E-state index is -4.37. The lowest BCUT2D eigenvalue weighted by Gasteiger charge is -2.23. The molecule has 1 saturated carbocycles. The Labute approximate surface area is 103 Å². The average molecular weight is 271 g/mol. The van der Waals surface area contributed by atoms with Crippen molar-refractivity contribution in [3.8, 4) is 0 Å². The molecule has 7 heteroatoms. The van der Waals surface area contributed by atoms with Gasteiger partial charge in [-0.3, -0.25) is 4.79 Å². The van der Waals surface area contributed by atoms with E-state index in [1.165, 1.54) is 0 Å². The van der Waals surface area contributed by atoms with Crippen LogP contribution in [0, 0.1) is 17.8 Å². The van der Waals surface area contributed by atoms with Crippen LogP contribution in [0.1, 0.15) is 6.42 Å². The first-order chi connectivity index (χ1) is 7.38. The zero-order chi connectivity index (χ0) is 11.9. The van der Waals surface area contributed by atoms with Crippen LogP contribution in [-0.4, -0.2) is 24.7 Å². The standard InChI is InChI=1S/C10H13F3N2O.ClH/c11-10(12,13)4-15-9(16)7-5-1-2-6(3-5)8(7)14;/h1-2,5-8H,3-4,14H2,(H,15,16);1H/t5-,6+,7-,8+;/m1./s1. The number of nitrogens with two attached hydrogens (primary N) is 1. The van der Waals surface area contributed by atoms with E-state index in [-0.39, 0.29) is 30.3 Å². The summed E-state index contributed by atoms with van der Waals surface area (Å²) in [7, 11) is 0. The van der Waals surface area contributed by atoms with Crippen molar-refractivity contribution in [3.05, 3.63) is 12.2 Å². The van der Waals surface area contributed by atoms with Crippen LogP contribution in [0.5, 0.6) is 0 Å². The summed E-state index contributed by atoms with van der Waals surface area (Å²) in [4.78, 5) is 11.6. The van der Waals surface area contributed by atoms with E-state index < -0.39 is 24.5 Å². The van der Waals surface area contributed by atoms with E-state index in [2.05, 4.69) is 0 Å². The molecule has 0 spiro atoms. The van der Waals surface area contributed by atoms with Crippen molar-refractivity contribution in [1.29, 1.82) is 0 Å². The molecule has 1 fully saturated rings. The molecule has 0 radical (unpaired) electrons. The van der Waals surface area contributed by atoms with Crippen molar-refractivity contribution in [1.82, 2.24) is 5.32 Å². The molecular formula is C10H14ClF3N2O. The van der Waals surface area contributed by atoms with E-state index in [0.29, 0.717) is 0 Å². The summed E-state index contributed by atoms with van der Waals surface area (Å²) in [6.45, 7) is -1.28. The van der Waals surface area contributed by atoms with Crippen LogP contribution >= 0.6 is 12.4 Å². The van der Waals surface area contributed by atoms with Crippen molar-refractivity contribution in [2.24, 2.45) is 23.5 Å². The molecule has 1 amide bonds. The van der Waals surface area contributed by atoms with Gasteiger partial charge >= 0.3 is 6.18 Å². The van der Waals surface area contributed by atoms with Crippen molar-refractivity contribution in [2.45, 2.75) is 18.6 Å². The number of carbonyl (C=O) groups excluding carboxylic acids is 1. The largest absolute Gasteiger partial charge is 0.405 e. The van der Waals surface area contributed by atoms with Crippen LogP contribution in [0.3, 0.4) is 0 Å². The van der Waals surface area contributed by atoms with Crippen LogP contribution in [0.4, 0.5) is 13.2 Å². The van der Waals surface area contributed by atoms with Gasteiger partial charge < -0.3 is 11.1 Å². The minimum absolute atomic E-state index is 0. The SMILES string of the molecule is Cl.N[C@@H]1[C@H](C(=O)NCC(F)(F)F)[C@@H]2C=C[C@H]1C2. The number of rotatable bonds is 2. The van der Waals surface area contributed by atoms with Gasteiger partial charge in [-0.25, -0.2) is 0 Å². The highest BCUT2D eigenvalue weighted by Gasteiger charge is 2.46. The normalized spacial score (nSPS) is 34.6. The summed E-state index contributed by atoms with van der Waals surface area (Å²) < 4.78 is 35.8. The van der Waals surface area contributed by atoms with Crippen molar-refractivity contribution in [3.63, 3.8) is 0 Å². The summed E-state index contributed by atoms with van der Waals surface area (Å²) in [5.41, 5.74) is 5.81. The molecule has 2 bridgehead atoms. The number of nitrogens with one attached hydrogen (secondary N) is 1. The Morgan fingerprint density at radius 3 is 2.41 bits per heavy atom. The summed E-state index contributed by atoms with van der Waals surface area (Å²) in [6.07, 6.45) is 0.243. The topological polar surface area (TPSA) is 55.1 Å². The molecule has 98 valence electrons. The van der Waals surface area contributed by atoms with E-state index in [0.717, 1.165) is 6.42 Å². The van der Waals surface area contributed by atoms with E-state index in [1.807, 2.05) is 17.5 Å². The second-order valence-corrected chi connectivity index (χ2v) is 4.38. The number of allylic oxidation sites excluding steroid dienone is 1. The predicted molar refractivity (Wildman–Crippen MR) is 58.5 cm³/mol. The number of halogens is 4. The monoisotopic (exact) mass is 270 g/mol. The van der Waals surface area contributed by atoms with Crippen LogP contribution < -0.4 is 11.1 Å². The summed E-state index contributed by atoms with van der Waals surface area (Å²) in [6, 6.07) is -0.344. The number of hydrogen-bond acceptors (Lipinski definition) is 2. The van der Waals surface area contributed by atoms with Gasteiger partial charge in [0.05, 0.1) is 5.92 Å². The maximum Gasteiger partial charge on any atom is 0.405 e. The molecule has 0 unspecified atom stereocenters. The van der Waals surface area contributed by atoms with Gasteiger partial charge in [-0.2, -0.15) is 13.2 Å². The van der Waals surface area contributed by atoms with Gasteiger partial charge in [-0.05, 0) is 18.3 Å². The second kappa shape index (κ2) is 4.86. The Kier molecular flexibility index (Phi) is 4.09. The lowest BCUT2D eigenvalue weighted by Crippen LogP contribution is -2.46. The molecular weight excluding hydrogens is 257 g/mol. The smallest absolute Gasteiger partial charge is 0.347 e. The molecule has 0 aromatic heterocycles. The minimum Gasteiger partial charge on any atom is -0.347 e. The van der Waals surface area contributed by atoms with Crippen LogP contribution in [-0.2, 0) is 4.79 Å². The van der Waals surface area contributed by atoms with Crippen molar-refractivity contribution >= 4 is 18.3 Å². The average Bonchev–Trinajstić information content (AvgIpc) is 2.73. The number of carbonyl (C=O) groups is 1.